The minimum Gasteiger partial charge on any atom is -0.481 e. The highest BCUT2D eigenvalue weighted by Crippen LogP contribution is 2.32. The lowest BCUT2D eigenvalue weighted by Gasteiger charge is -2.13. The Morgan fingerprint density at radius 2 is 1.78 bits per heavy atom. The van der Waals surface area contributed by atoms with E-state index in [1.165, 1.54) is 17.7 Å². The van der Waals surface area contributed by atoms with Crippen molar-refractivity contribution in [2.75, 3.05) is 5.32 Å². The number of thiophene rings is 1. The number of carbonyl (C=O) groups is 2. The van der Waals surface area contributed by atoms with Crippen LogP contribution < -0.4 is 5.32 Å². The summed E-state index contributed by atoms with van der Waals surface area (Å²) < 4.78 is 10.9. The molecule has 0 bridgehead atoms. The number of amides is 1. The summed E-state index contributed by atoms with van der Waals surface area (Å²) in [5.41, 5.74) is 2.58. The Morgan fingerprint density at radius 1 is 1.06 bits per heavy atom. The second-order valence-corrected chi connectivity index (χ2v) is 8.20. The summed E-state index contributed by atoms with van der Waals surface area (Å²) >= 11 is 1.44. The van der Waals surface area contributed by atoms with Crippen LogP contribution in [0, 0.1) is 0 Å². The zero-order chi connectivity index (χ0) is 22.5. The highest BCUT2D eigenvalue weighted by molar-refractivity contribution is 7.15. The summed E-state index contributed by atoms with van der Waals surface area (Å²) in [5.74, 6) is -0.169. The number of nitrogens with one attached hydrogen (secondary N) is 1. The molecular formula is C24H20N2O5S. The lowest BCUT2D eigenvalue weighted by Crippen LogP contribution is -2.16. The van der Waals surface area contributed by atoms with E-state index in [1.807, 2.05) is 66.7 Å². The molecule has 1 atom stereocenters. The van der Waals surface area contributed by atoms with E-state index in [0.29, 0.717) is 5.76 Å². The molecule has 32 heavy (non-hydrogen) atoms. The van der Waals surface area contributed by atoms with E-state index in [1.54, 1.807) is 6.92 Å². The van der Waals surface area contributed by atoms with Crippen molar-refractivity contribution in [3.05, 3.63) is 83.6 Å². The number of ether oxygens (including phenoxy) is 1. The highest BCUT2D eigenvalue weighted by atomic mass is 32.1. The zero-order valence-electron chi connectivity index (χ0n) is 17.1. The molecule has 0 aliphatic carbocycles. The van der Waals surface area contributed by atoms with Gasteiger partial charge in [-0.05, 0) is 30.2 Å². The van der Waals surface area contributed by atoms with Crippen molar-refractivity contribution in [2.24, 2.45) is 0 Å². The van der Waals surface area contributed by atoms with Gasteiger partial charge in [0, 0.05) is 15.3 Å². The van der Waals surface area contributed by atoms with Gasteiger partial charge in [-0.1, -0.05) is 54.6 Å². The van der Waals surface area contributed by atoms with E-state index in [0.717, 1.165) is 26.4 Å². The maximum absolute atomic E-state index is 12.3. The molecule has 0 aliphatic heterocycles. The zero-order valence-corrected chi connectivity index (χ0v) is 18.0. The highest BCUT2D eigenvalue weighted by Gasteiger charge is 2.17. The van der Waals surface area contributed by atoms with Crippen LogP contribution in [-0.2, 0) is 16.0 Å². The summed E-state index contributed by atoms with van der Waals surface area (Å²) in [5, 5.41) is 11.6. The van der Waals surface area contributed by atoms with Gasteiger partial charge in [0.1, 0.15) is 6.10 Å². The smallest absolute Gasteiger partial charge is 0.413 e. The largest absolute Gasteiger partial charge is 0.481 e. The third-order valence-corrected chi connectivity index (χ3v) is 5.89. The Kier molecular flexibility index (Phi) is 6.32. The molecule has 2 aromatic carbocycles. The molecule has 0 saturated heterocycles. The van der Waals surface area contributed by atoms with E-state index in [-0.39, 0.29) is 12.2 Å². The molecule has 0 aliphatic rings. The predicted octanol–water partition coefficient (Wildman–Crippen LogP) is 6.01. The number of aliphatic carboxylic acids is 1. The van der Waals surface area contributed by atoms with Crippen molar-refractivity contribution in [1.29, 1.82) is 0 Å². The monoisotopic (exact) mass is 448 g/mol. The van der Waals surface area contributed by atoms with E-state index >= 15 is 0 Å². The Bertz CT molecular complexity index is 1210. The third-order valence-electron chi connectivity index (χ3n) is 4.76. The third kappa shape index (κ3) is 5.04. The summed E-state index contributed by atoms with van der Waals surface area (Å²) in [6.07, 6.45) is 0.228. The van der Waals surface area contributed by atoms with Crippen molar-refractivity contribution in [1.82, 2.24) is 4.98 Å². The number of anilines is 1. The molecule has 0 fully saturated rings. The lowest BCUT2D eigenvalue weighted by molar-refractivity contribution is -0.136. The summed E-state index contributed by atoms with van der Waals surface area (Å²) in [7, 11) is 0. The van der Waals surface area contributed by atoms with Gasteiger partial charge in [0.25, 0.3) is 0 Å². The van der Waals surface area contributed by atoms with Crippen LogP contribution in [0.1, 0.15) is 23.5 Å². The fraction of sp³-hybridized carbons (Fsp3) is 0.125. The van der Waals surface area contributed by atoms with E-state index in [9.17, 15) is 9.59 Å². The number of carboxylic acid groups (broad SMARTS) is 1. The molecule has 0 spiro atoms. The van der Waals surface area contributed by atoms with Gasteiger partial charge in [-0.3, -0.25) is 10.1 Å². The van der Waals surface area contributed by atoms with Gasteiger partial charge in [-0.2, -0.15) is 4.98 Å². The minimum atomic E-state index is -0.851. The van der Waals surface area contributed by atoms with Crippen molar-refractivity contribution in [3.63, 3.8) is 0 Å². The van der Waals surface area contributed by atoms with E-state index < -0.39 is 18.2 Å². The average molecular weight is 449 g/mol. The van der Waals surface area contributed by atoms with Crippen LogP contribution in [0.25, 0.3) is 21.8 Å². The maximum Gasteiger partial charge on any atom is 0.413 e. The average Bonchev–Trinajstić information content (AvgIpc) is 3.43. The van der Waals surface area contributed by atoms with Gasteiger partial charge in [0.05, 0.1) is 6.42 Å². The van der Waals surface area contributed by atoms with Crippen LogP contribution in [0.2, 0.25) is 0 Å². The number of carboxylic acids is 1. The molecule has 8 heteroatoms. The first kappa shape index (κ1) is 21.3. The number of hydrogen-bond donors (Lipinski definition) is 2. The Hall–Kier alpha value is -3.91. The van der Waals surface area contributed by atoms with Crippen molar-refractivity contribution in [2.45, 2.75) is 19.4 Å². The number of nitrogens with zero attached hydrogens (tertiary/aromatic N) is 1. The summed E-state index contributed by atoms with van der Waals surface area (Å²) in [6.45, 7) is 1.80. The topological polar surface area (TPSA) is 102 Å². The Balaban J connectivity index is 1.44. The molecule has 0 saturated carbocycles. The molecule has 1 unspecified atom stereocenters. The Morgan fingerprint density at radius 3 is 2.50 bits per heavy atom. The van der Waals surface area contributed by atoms with Gasteiger partial charge < -0.3 is 14.3 Å². The lowest BCUT2D eigenvalue weighted by atomic mass is 10.1. The first-order valence-corrected chi connectivity index (χ1v) is 10.7. The number of carbonyl (C=O) groups excluding carboxylic acids is 1. The van der Waals surface area contributed by atoms with E-state index in [4.69, 9.17) is 14.3 Å². The molecule has 4 aromatic rings. The van der Waals surface area contributed by atoms with Crippen LogP contribution in [0.15, 0.2) is 77.5 Å². The maximum atomic E-state index is 12.3. The molecule has 2 aromatic heterocycles. The van der Waals surface area contributed by atoms with Crippen molar-refractivity contribution >= 4 is 29.2 Å². The molecular weight excluding hydrogens is 428 g/mol. The van der Waals surface area contributed by atoms with Gasteiger partial charge >= 0.3 is 12.1 Å². The molecule has 2 heterocycles. The van der Waals surface area contributed by atoms with Crippen LogP contribution in [0.3, 0.4) is 0 Å². The van der Waals surface area contributed by atoms with Gasteiger partial charge in [0.15, 0.2) is 18.0 Å². The second-order valence-electron chi connectivity index (χ2n) is 7.03. The first-order valence-electron chi connectivity index (χ1n) is 9.87. The number of rotatable bonds is 7. The van der Waals surface area contributed by atoms with Crippen LogP contribution in [-0.4, -0.2) is 22.2 Å². The molecule has 4 rings (SSSR count). The number of oxazole rings is 1. The van der Waals surface area contributed by atoms with Gasteiger partial charge in [-0.15, -0.1) is 11.3 Å². The van der Waals surface area contributed by atoms with Gasteiger partial charge in [-0.25, -0.2) is 4.79 Å². The summed E-state index contributed by atoms with van der Waals surface area (Å²) in [4.78, 5) is 29.1. The first-order chi connectivity index (χ1) is 15.5. The molecule has 1 amide bonds. The van der Waals surface area contributed by atoms with Crippen molar-refractivity contribution in [3.8, 4) is 21.8 Å². The normalized spacial score (nSPS) is 11.7. The van der Waals surface area contributed by atoms with E-state index in [2.05, 4.69) is 10.3 Å². The number of hydrogen-bond acceptors (Lipinski definition) is 6. The summed E-state index contributed by atoms with van der Waals surface area (Å²) in [6, 6.07) is 20.7. The predicted molar refractivity (Wildman–Crippen MR) is 122 cm³/mol. The molecule has 162 valence electrons. The van der Waals surface area contributed by atoms with Crippen molar-refractivity contribution < 1.29 is 23.8 Å². The fourth-order valence-electron chi connectivity index (χ4n) is 3.18. The second kappa shape index (κ2) is 9.49. The SMILES string of the molecule is CC(OC(=O)Nc1ncoc1-c1ccc(-c2ccc(CC(=O)O)s2)cc1)c1ccccc1. The minimum absolute atomic E-state index is 0.00876. The fourth-order valence-corrected chi connectivity index (χ4v) is 4.19. The Labute approximate surface area is 188 Å². The van der Waals surface area contributed by atoms with Gasteiger partial charge in [0.2, 0.25) is 0 Å². The molecule has 0 radical (unpaired) electrons. The van der Waals surface area contributed by atoms with Crippen LogP contribution in [0.4, 0.5) is 10.6 Å². The van der Waals surface area contributed by atoms with Crippen LogP contribution in [0.5, 0.6) is 0 Å². The number of benzene rings is 2. The van der Waals surface area contributed by atoms with Crippen LogP contribution >= 0.6 is 11.3 Å². The standard InChI is InChI=1S/C24H20N2O5S/c1-15(16-5-3-2-4-6-16)31-24(29)26-23-22(30-14-25-23)18-9-7-17(8-10-18)20-12-11-19(32-20)13-21(27)28/h2-12,14-15H,13H2,1H3,(H,26,29)(H,27,28). The number of aromatic nitrogens is 1. The molecule has 7 nitrogen and oxygen atoms in total. The molecule has 2 N–H and O–H groups in total. The quantitative estimate of drug-likeness (QED) is 0.359.